The summed E-state index contributed by atoms with van der Waals surface area (Å²) in [5, 5.41) is 2.75. The van der Waals surface area contributed by atoms with E-state index in [1.807, 2.05) is 49.2 Å². The third-order valence-electron chi connectivity index (χ3n) is 3.18. The quantitative estimate of drug-likeness (QED) is 0.915. The summed E-state index contributed by atoms with van der Waals surface area (Å²) < 4.78 is 13.2. The third-order valence-corrected chi connectivity index (χ3v) is 3.18. The molecule has 2 aromatic rings. The molecule has 1 N–H and O–H groups in total. The molecule has 0 bridgehead atoms. The fourth-order valence-electron chi connectivity index (χ4n) is 2.11. The van der Waals surface area contributed by atoms with Crippen LogP contribution in [0.5, 0.6) is 0 Å². The maximum Gasteiger partial charge on any atom is 0.238 e. The molecule has 3 nitrogen and oxygen atoms in total. The molecule has 2 rings (SSSR count). The van der Waals surface area contributed by atoms with Crippen molar-refractivity contribution in [3.63, 3.8) is 0 Å². The predicted molar refractivity (Wildman–Crippen MR) is 82.5 cm³/mol. The first-order valence-electron chi connectivity index (χ1n) is 6.83. The number of aryl methyl sites for hydroxylation is 1. The number of rotatable bonds is 5. The van der Waals surface area contributed by atoms with E-state index in [9.17, 15) is 9.18 Å². The van der Waals surface area contributed by atoms with Crippen molar-refractivity contribution in [3.05, 3.63) is 65.5 Å². The number of anilines is 1. The van der Waals surface area contributed by atoms with Crippen molar-refractivity contribution in [1.82, 2.24) is 4.90 Å². The normalized spacial score (nSPS) is 10.7. The van der Waals surface area contributed by atoms with Crippen LogP contribution in [0, 0.1) is 12.7 Å². The SMILES string of the molecule is Cc1ccc(F)cc1NC(=O)CN(C)Cc1ccccc1. The summed E-state index contributed by atoms with van der Waals surface area (Å²) in [5.74, 6) is -0.504. The van der Waals surface area contributed by atoms with E-state index in [4.69, 9.17) is 0 Å². The van der Waals surface area contributed by atoms with Crippen molar-refractivity contribution in [2.24, 2.45) is 0 Å². The van der Waals surface area contributed by atoms with Gasteiger partial charge in [-0.05, 0) is 37.2 Å². The van der Waals surface area contributed by atoms with Crippen molar-refractivity contribution >= 4 is 11.6 Å². The molecular weight excluding hydrogens is 267 g/mol. The first-order valence-corrected chi connectivity index (χ1v) is 6.83. The van der Waals surface area contributed by atoms with Gasteiger partial charge >= 0.3 is 0 Å². The lowest BCUT2D eigenvalue weighted by molar-refractivity contribution is -0.117. The highest BCUT2D eigenvalue weighted by molar-refractivity contribution is 5.92. The fraction of sp³-hybridized carbons (Fsp3) is 0.235. The van der Waals surface area contributed by atoms with Crippen LogP contribution in [-0.4, -0.2) is 24.4 Å². The Hall–Kier alpha value is -2.20. The van der Waals surface area contributed by atoms with Gasteiger partial charge in [-0.2, -0.15) is 0 Å². The molecule has 0 atom stereocenters. The summed E-state index contributed by atoms with van der Waals surface area (Å²) in [6.45, 7) is 2.78. The van der Waals surface area contributed by atoms with Gasteiger partial charge in [-0.15, -0.1) is 0 Å². The first kappa shape index (κ1) is 15.2. The molecule has 0 aliphatic carbocycles. The Morgan fingerprint density at radius 2 is 1.90 bits per heavy atom. The van der Waals surface area contributed by atoms with Gasteiger partial charge in [-0.3, -0.25) is 9.69 Å². The van der Waals surface area contributed by atoms with Crippen LogP contribution < -0.4 is 5.32 Å². The zero-order valence-corrected chi connectivity index (χ0v) is 12.3. The first-order chi connectivity index (χ1) is 10.0. The van der Waals surface area contributed by atoms with Crippen LogP contribution in [0.15, 0.2) is 48.5 Å². The number of hydrogen-bond acceptors (Lipinski definition) is 2. The standard InChI is InChI=1S/C17H19FN2O/c1-13-8-9-15(18)10-16(13)19-17(21)12-20(2)11-14-6-4-3-5-7-14/h3-10H,11-12H2,1-2H3,(H,19,21). The van der Waals surface area contributed by atoms with E-state index in [1.165, 1.54) is 12.1 Å². The second-order valence-corrected chi connectivity index (χ2v) is 5.17. The topological polar surface area (TPSA) is 32.3 Å². The minimum atomic E-state index is -0.353. The Morgan fingerprint density at radius 1 is 1.19 bits per heavy atom. The highest BCUT2D eigenvalue weighted by atomic mass is 19.1. The Labute approximate surface area is 124 Å². The lowest BCUT2D eigenvalue weighted by Crippen LogP contribution is -2.30. The van der Waals surface area contributed by atoms with Crippen LogP contribution in [0.25, 0.3) is 0 Å². The Balaban J connectivity index is 1.91. The molecule has 0 saturated carbocycles. The summed E-state index contributed by atoms with van der Waals surface area (Å²) in [6, 6.07) is 14.3. The third kappa shape index (κ3) is 4.68. The minimum absolute atomic E-state index is 0.151. The average Bonchev–Trinajstić information content (AvgIpc) is 2.43. The van der Waals surface area contributed by atoms with Gasteiger partial charge in [0.15, 0.2) is 0 Å². The molecule has 110 valence electrons. The van der Waals surface area contributed by atoms with Crippen molar-refractivity contribution in [2.75, 3.05) is 18.9 Å². The molecule has 1 amide bonds. The molecule has 0 heterocycles. The Bertz CT molecular complexity index is 613. The van der Waals surface area contributed by atoms with Crippen molar-refractivity contribution in [2.45, 2.75) is 13.5 Å². The van der Waals surface area contributed by atoms with Gasteiger partial charge in [0.1, 0.15) is 5.82 Å². The van der Waals surface area contributed by atoms with Crippen LogP contribution in [0.4, 0.5) is 10.1 Å². The predicted octanol–water partition coefficient (Wildman–Crippen LogP) is 3.20. The molecule has 0 radical (unpaired) electrons. The Kier molecular flexibility index (Phi) is 5.06. The van der Waals surface area contributed by atoms with Gasteiger partial charge in [0.05, 0.1) is 6.54 Å². The zero-order valence-electron chi connectivity index (χ0n) is 12.3. The van der Waals surface area contributed by atoms with Crippen LogP contribution in [0.1, 0.15) is 11.1 Å². The molecule has 2 aromatic carbocycles. The largest absolute Gasteiger partial charge is 0.325 e. The van der Waals surface area contributed by atoms with Crippen LogP contribution in [0.3, 0.4) is 0 Å². The van der Waals surface area contributed by atoms with E-state index < -0.39 is 0 Å². The van der Waals surface area contributed by atoms with Crippen LogP contribution in [0.2, 0.25) is 0 Å². The monoisotopic (exact) mass is 286 g/mol. The van der Waals surface area contributed by atoms with Gasteiger partial charge in [0, 0.05) is 12.2 Å². The van der Waals surface area contributed by atoms with Gasteiger partial charge in [0.25, 0.3) is 0 Å². The number of amides is 1. The molecule has 4 heteroatoms. The summed E-state index contributed by atoms with van der Waals surface area (Å²) in [5.41, 5.74) is 2.51. The molecule has 0 aliphatic rings. The highest BCUT2D eigenvalue weighted by Crippen LogP contribution is 2.15. The summed E-state index contributed by atoms with van der Waals surface area (Å²) in [7, 11) is 1.88. The van der Waals surface area contributed by atoms with Crippen LogP contribution in [-0.2, 0) is 11.3 Å². The summed E-state index contributed by atoms with van der Waals surface area (Å²) >= 11 is 0. The van der Waals surface area contributed by atoms with E-state index in [2.05, 4.69) is 5.32 Å². The maximum atomic E-state index is 13.2. The highest BCUT2D eigenvalue weighted by Gasteiger charge is 2.09. The number of carbonyl (C=O) groups is 1. The molecule has 0 aromatic heterocycles. The van der Waals surface area contributed by atoms with E-state index in [1.54, 1.807) is 6.07 Å². The van der Waals surface area contributed by atoms with E-state index in [0.717, 1.165) is 11.1 Å². The molecular formula is C17H19FN2O. The summed E-state index contributed by atoms with van der Waals surface area (Å²) in [4.78, 5) is 13.9. The lowest BCUT2D eigenvalue weighted by Gasteiger charge is -2.17. The fourth-order valence-corrected chi connectivity index (χ4v) is 2.11. The van der Waals surface area contributed by atoms with Gasteiger partial charge < -0.3 is 5.32 Å². The van der Waals surface area contributed by atoms with Crippen molar-refractivity contribution < 1.29 is 9.18 Å². The minimum Gasteiger partial charge on any atom is -0.325 e. The molecule has 0 fully saturated rings. The zero-order chi connectivity index (χ0) is 15.2. The average molecular weight is 286 g/mol. The van der Waals surface area contributed by atoms with E-state index in [0.29, 0.717) is 12.2 Å². The number of hydrogen-bond donors (Lipinski definition) is 1. The molecule has 0 aliphatic heterocycles. The Morgan fingerprint density at radius 3 is 2.62 bits per heavy atom. The van der Waals surface area contributed by atoms with E-state index >= 15 is 0 Å². The number of nitrogens with zero attached hydrogens (tertiary/aromatic N) is 1. The van der Waals surface area contributed by atoms with Crippen LogP contribution >= 0.6 is 0 Å². The van der Waals surface area contributed by atoms with Gasteiger partial charge in [-0.1, -0.05) is 36.4 Å². The second kappa shape index (κ2) is 6.99. The smallest absolute Gasteiger partial charge is 0.238 e. The number of likely N-dealkylation sites (N-methyl/N-ethyl adjacent to an activating group) is 1. The number of nitrogens with one attached hydrogen (secondary N) is 1. The van der Waals surface area contributed by atoms with Gasteiger partial charge in [-0.25, -0.2) is 4.39 Å². The number of halogens is 1. The van der Waals surface area contributed by atoms with Crippen molar-refractivity contribution in [3.8, 4) is 0 Å². The second-order valence-electron chi connectivity index (χ2n) is 5.17. The maximum absolute atomic E-state index is 13.2. The van der Waals surface area contributed by atoms with E-state index in [-0.39, 0.29) is 18.3 Å². The summed E-state index contributed by atoms with van der Waals surface area (Å²) in [6.07, 6.45) is 0. The molecule has 21 heavy (non-hydrogen) atoms. The van der Waals surface area contributed by atoms with Gasteiger partial charge in [0.2, 0.25) is 5.91 Å². The number of benzene rings is 2. The lowest BCUT2D eigenvalue weighted by atomic mass is 10.2. The number of carbonyl (C=O) groups excluding carboxylic acids is 1. The molecule has 0 unspecified atom stereocenters. The molecule has 0 saturated heterocycles. The molecule has 0 spiro atoms. The van der Waals surface area contributed by atoms with Crippen molar-refractivity contribution in [1.29, 1.82) is 0 Å².